The summed E-state index contributed by atoms with van der Waals surface area (Å²) in [4.78, 5) is 11.7. The van der Waals surface area contributed by atoms with Crippen LogP contribution in [0.5, 0.6) is 0 Å². The Hall–Kier alpha value is -1.71. The summed E-state index contributed by atoms with van der Waals surface area (Å²) in [6.07, 6.45) is 6.31. The third kappa shape index (κ3) is 7.43. The van der Waals surface area contributed by atoms with Gasteiger partial charge in [-0.25, -0.2) is 4.99 Å². The first-order valence-electron chi connectivity index (χ1n) is 11.9. The van der Waals surface area contributed by atoms with E-state index in [2.05, 4.69) is 37.6 Å². The van der Waals surface area contributed by atoms with Crippen molar-refractivity contribution in [1.29, 1.82) is 0 Å². The van der Waals surface area contributed by atoms with Crippen molar-refractivity contribution >= 4 is 5.96 Å². The van der Waals surface area contributed by atoms with Crippen LogP contribution in [0.1, 0.15) is 70.7 Å². The molecule has 0 aromatic carbocycles. The lowest BCUT2D eigenvalue weighted by atomic mass is 9.73. The molecule has 9 heteroatoms. The van der Waals surface area contributed by atoms with Crippen LogP contribution in [0.25, 0.3) is 0 Å². The number of hydrogen-bond donors (Lipinski definition) is 2. The molecule has 2 fully saturated rings. The molecular weight excluding hydrogens is 396 g/mol. The highest BCUT2D eigenvalue weighted by molar-refractivity contribution is 5.79. The third-order valence-electron chi connectivity index (χ3n) is 6.19. The van der Waals surface area contributed by atoms with Crippen molar-refractivity contribution in [2.24, 2.45) is 10.4 Å². The van der Waals surface area contributed by atoms with Crippen molar-refractivity contribution in [3.05, 3.63) is 11.7 Å². The molecule has 0 bridgehead atoms. The molecule has 0 amide bonds. The molecule has 0 spiro atoms. The second-order valence-corrected chi connectivity index (χ2v) is 8.64. The fourth-order valence-corrected chi connectivity index (χ4v) is 4.51. The second kappa shape index (κ2) is 12.4. The number of ether oxygens (including phenoxy) is 2. The molecule has 1 saturated carbocycles. The first kappa shape index (κ1) is 23.9. The van der Waals surface area contributed by atoms with Gasteiger partial charge in [-0.15, -0.1) is 0 Å². The van der Waals surface area contributed by atoms with Gasteiger partial charge in [-0.05, 0) is 33.6 Å². The molecule has 2 aliphatic rings. The Balaban J connectivity index is 1.59. The smallest absolute Gasteiger partial charge is 0.248 e. The summed E-state index contributed by atoms with van der Waals surface area (Å²) in [7, 11) is 0. The molecule has 9 nitrogen and oxygen atoms in total. The van der Waals surface area contributed by atoms with Gasteiger partial charge in [0.2, 0.25) is 5.89 Å². The Labute approximate surface area is 186 Å². The second-order valence-electron chi connectivity index (χ2n) is 8.64. The maximum atomic E-state index is 5.54. The van der Waals surface area contributed by atoms with Crippen LogP contribution in [0.15, 0.2) is 9.52 Å². The van der Waals surface area contributed by atoms with E-state index in [-0.39, 0.29) is 11.5 Å². The summed E-state index contributed by atoms with van der Waals surface area (Å²) in [5.41, 5.74) is 0.288. The molecule has 176 valence electrons. The normalized spacial score (nSPS) is 21.1. The van der Waals surface area contributed by atoms with E-state index >= 15 is 0 Å². The van der Waals surface area contributed by atoms with Crippen molar-refractivity contribution in [3.8, 4) is 0 Å². The van der Waals surface area contributed by atoms with Crippen molar-refractivity contribution in [2.45, 2.75) is 65.5 Å². The summed E-state index contributed by atoms with van der Waals surface area (Å²) >= 11 is 0. The maximum Gasteiger partial charge on any atom is 0.248 e. The molecular formula is C22H40N6O3. The lowest BCUT2D eigenvalue weighted by molar-refractivity contribution is 0.00820. The van der Waals surface area contributed by atoms with Crippen LogP contribution in [0, 0.1) is 5.41 Å². The molecule has 1 aliphatic carbocycles. The van der Waals surface area contributed by atoms with Gasteiger partial charge in [0, 0.05) is 44.7 Å². The Morgan fingerprint density at radius 1 is 1.19 bits per heavy atom. The van der Waals surface area contributed by atoms with Crippen molar-refractivity contribution in [2.75, 3.05) is 52.5 Å². The van der Waals surface area contributed by atoms with Gasteiger partial charge in [0.05, 0.1) is 13.2 Å². The number of aromatic nitrogens is 2. The van der Waals surface area contributed by atoms with Crippen molar-refractivity contribution in [3.63, 3.8) is 0 Å². The van der Waals surface area contributed by atoms with Gasteiger partial charge in [-0.3, -0.25) is 4.90 Å². The van der Waals surface area contributed by atoms with Crippen LogP contribution in [0.3, 0.4) is 0 Å². The average molecular weight is 437 g/mol. The van der Waals surface area contributed by atoms with E-state index < -0.39 is 0 Å². The van der Waals surface area contributed by atoms with E-state index in [1.807, 2.05) is 13.8 Å². The number of rotatable bonds is 10. The zero-order chi connectivity index (χ0) is 21.9. The quantitative estimate of drug-likeness (QED) is 0.427. The lowest BCUT2D eigenvalue weighted by Gasteiger charge is -2.42. The minimum atomic E-state index is -0.177. The van der Waals surface area contributed by atoms with Gasteiger partial charge in [0.25, 0.3) is 0 Å². The molecule has 1 atom stereocenters. The number of hydrogen-bond acceptors (Lipinski definition) is 7. The number of morpholine rings is 1. The zero-order valence-corrected chi connectivity index (χ0v) is 19.5. The highest BCUT2D eigenvalue weighted by atomic mass is 16.5. The molecule has 1 unspecified atom stereocenters. The summed E-state index contributed by atoms with van der Waals surface area (Å²) in [5, 5.41) is 11.0. The van der Waals surface area contributed by atoms with Crippen molar-refractivity contribution < 1.29 is 14.0 Å². The number of guanidine groups is 1. The lowest BCUT2D eigenvalue weighted by Crippen LogP contribution is -2.51. The summed E-state index contributed by atoms with van der Waals surface area (Å²) in [6.45, 7) is 13.5. The highest BCUT2D eigenvalue weighted by Crippen LogP contribution is 2.36. The predicted molar refractivity (Wildman–Crippen MR) is 120 cm³/mol. The van der Waals surface area contributed by atoms with Crippen LogP contribution in [0.2, 0.25) is 0 Å². The maximum absolute atomic E-state index is 5.54. The SMILES string of the molecule is CCNC(=NCc1nc(C(C)OCC)no1)NCC1(CN2CCOCC2)CCCCC1. The summed E-state index contributed by atoms with van der Waals surface area (Å²) in [5.74, 6) is 1.86. The summed E-state index contributed by atoms with van der Waals surface area (Å²) in [6, 6.07) is 0. The largest absolute Gasteiger partial charge is 0.379 e. The third-order valence-corrected chi connectivity index (χ3v) is 6.19. The van der Waals surface area contributed by atoms with Gasteiger partial charge < -0.3 is 24.6 Å². The molecule has 31 heavy (non-hydrogen) atoms. The molecule has 1 aliphatic heterocycles. The predicted octanol–water partition coefficient (Wildman–Crippen LogP) is 2.50. The van der Waals surface area contributed by atoms with E-state index in [4.69, 9.17) is 14.0 Å². The Morgan fingerprint density at radius 3 is 2.68 bits per heavy atom. The van der Waals surface area contributed by atoms with Gasteiger partial charge in [-0.2, -0.15) is 4.98 Å². The van der Waals surface area contributed by atoms with E-state index in [1.165, 1.54) is 32.1 Å². The van der Waals surface area contributed by atoms with E-state index in [1.54, 1.807) is 0 Å². The van der Waals surface area contributed by atoms with Crippen LogP contribution < -0.4 is 10.6 Å². The first-order valence-corrected chi connectivity index (χ1v) is 11.9. The first-order chi connectivity index (χ1) is 15.1. The Morgan fingerprint density at radius 2 is 1.97 bits per heavy atom. The van der Waals surface area contributed by atoms with Gasteiger partial charge in [0.15, 0.2) is 11.8 Å². The zero-order valence-electron chi connectivity index (χ0n) is 19.5. The minimum absolute atomic E-state index is 0.177. The van der Waals surface area contributed by atoms with E-state index in [0.717, 1.165) is 51.9 Å². The van der Waals surface area contributed by atoms with Crippen LogP contribution >= 0.6 is 0 Å². The van der Waals surface area contributed by atoms with E-state index in [9.17, 15) is 0 Å². The molecule has 3 rings (SSSR count). The van der Waals surface area contributed by atoms with E-state index in [0.29, 0.717) is 24.9 Å². The van der Waals surface area contributed by atoms with Crippen LogP contribution in [-0.2, 0) is 16.0 Å². The number of aliphatic imine (C=N–C) groups is 1. The highest BCUT2D eigenvalue weighted by Gasteiger charge is 2.34. The number of nitrogens with zero attached hydrogens (tertiary/aromatic N) is 4. The van der Waals surface area contributed by atoms with Gasteiger partial charge in [-0.1, -0.05) is 24.4 Å². The minimum Gasteiger partial charge on any atom is -0.379 e. The molecule has 2 N–H and O–H groups in total. The van der Waals surface area contributed by atoms with Crippen molar-refractivity contribution in [1.82, 2.24) is 25.7 Å². The molecule has 1 saturated heterocycles. The molecule has 1 aromatic rings. The fourth-order valence-electron chi connectivity index (χ4n) is 4.51. The Bertz CT molecular complexity index is 668. The van der Waals surface area contributed by atoms with Gasteiger partial charge in [0.1, 0.15) is 12.6 Å². The average Bonchev–Trinajstić information content (AvgIpc) is 3.26. The molecule has 0 radical (unpaired) electrons. The standard InChI is InChI=1S/C22H40N6O3/c1-4-23-21(24-15-19-26-20(27-31-19)18(3)30-5-2)25-16-22(9-7-6-8-10-22)17-28-11-13-29-14-12-28/h18H,4-17H2,1-3H3,(H2,23,24,25). The fraction of sp³-hybridized carbons (Fsp3) is 0.864. The molecule has 1 aromatic heterocycles. The number of nitrogens with one attached hydrogen (secondary N) is 2. The Kier molecular flexibility index (Phi) is 9.54. The van der Waals surface area contributed by atoms with Crippen LogP contribution in [-0.4, -0.2) is 73.5 Å². The molecule has 2 heterocycles. The summed E-state index contributed by atoms with van der Waals surface area (Å²) < 4.78 is 16.4. The van der Waals surface area contributed by atoms with Gasteiger partial charge >= 0.3 is 0 Å². The topological polar surface area (TPSA) is 97.0 Å². The monoisotopic (exact) mass is 436 g/mol. The van der Waals surface area contributed by atoms with Crippen LogP contribution in [0.4, 0.5) is 0 Å².